The number of hydrogen-bond acceptors (Lipinski definition) is 8. The predicted molar refractivity (Wildman–Crippen MR) is 61.9 cm³/mol. The number of hydrogen-bond donors (Lipinski definition) is 2. The van der Waals surface area contributed by atoms with Gasteiger partial charge in [-0.05, 0) is 0 Å². The fourth-order valence-electron chi connectivity index (χ4n) is 1.35. The Balaban J connectivity index is 5.60. The minimum absolute atomic E-state index is 0.877. The van der Waals surface area contributed by atoms with E-state index in [0.717, 1.165) is 20.8 Å². The molecule has 0 aliphatic heterocycles. The van der Waals surface area contributed by atoms with E-state index in [1.807, 2.05) is 0 Å². The Labute approximate surface area is 118 Å². The van der Waals surface area contributed by atoms with Gasteiger partial charge in [0.15, 0.2) is 6.10 Å². The molecule has 0 radical (unpaired) electrons. The molecule has 118 valence electrons. The van der Waals surface area contributed by atoms with Crippen LogP contribution in [0.15, 0.2) is 0 Å². The van der Waals surface area contributed by atoms with Gasteiger partial charge in [-0.1, -0.05) is 0 Å². The van der Waals surface area contributed by atoms with Gasteiger partial charge in [-0.2, -0.15) is 0 Å². The van der Waals surface area contributed by atoms with Gasteiger partial charge < -0.3 is 24.4 Å². The maximum Gasteiger partial charge on any atom is 0.349 e. The van der Waals surface area contributed by atoms with Crippen LogP contribution in [-0.2, 0) is 38.2 Å². The molecule has 0 bridgehead atoms. The maximum absolute atomic E-state index is 11.1. The Hall–Kier alpha value is -2.65. The summed E-state index contributed by atoms with van der Waals surface area (Å²) in [4.78, 5) is 54.9. The molecular formula is C11H14O10. The molecule has 0 aromatic heterocycles. The topological polar surface area (TPSA) is 154 Å². The van der Waals surface area contributed by atoms with E-state index < -0.39 is 48.2 Å². The summed E-state index contributed by atoms with van der Waals surface area (Å²) in [5.41, 5.74) is 0. The molecule has 0 aliphatic rings. The molecule has 2 atom stereocenters. The van der Waals surface area contributed by atoms with Gasteiger partial charge in [0, 0.05) is 20.8 Å². The van der Waals surface area contributed by atoms with Crippen LogP contribution in [0.2, 0.25) is 0 Å². The van der Waals surface area contributed by atoms with Crippen molar-refractivity contribution in [2.45, 2.75) is 39.1 Å². The zero-order chi connectivity index (χ0) is 16.7. The normalized spacial score (nSPS) is 13.0. The summed E-state index contributed by atoms with van der Waals surface area (Å²) in [5.74, 6) is -6.68. The van der Waals surface area contributed by atoms with Crippen LogP contribution < -0.4 is 0 Å². The first-order valence-electron chi connectivity index (χ1n) is 5.53. The molecule has 21 heavy (non-hydrogen) atoms. The molecule has 0 aliphatic carbocycles. The predicted octanol–water partition coefficient (Wildman–Crippen LogP) is -1.05. The molecule has 2 N–H and O–H groups in total. The highest BCUT2D eigenvalue weighted by atomic mass is 16.6. The zero-order valence-corrected chi connectivity index (χ0v) is 11.4. The van der Waals surface area contributed by atoms with Crippen LogP contribution in [0.1, 0.15) is 20.8 Å². The number of carboxylic acid groups (broad SMARTS) is 2. The van der Waals surface area contributed by atoms with Gasteiger partial charge in [0.25, 0.3) is 0 Å². The number of rotatable bonds is 7. The van der Waals surface area contributed by atoms with E-state index in [4.69, 9.17) is 10.2 Å². The second kappa shape index (κ2) is 7.82. The number of ether oxygens (including phenoxy) is 3. The van der Waals surface area contributed by atoms with Crippen molar-refractivity contribution in [1.29, 1.82) is 0 Å². The molecule has 10 nitrogen and oxygen atoms in total. The van der Waals surface area contributed by atoms with Crippen LogP contribution in [0.5, 0.6) is 0 Å². The fraction of sp³-hybridized carbons (Fsp3) is 0.545. The first-order valence-corrected chi connectivity index (χ1v) is 5.53. The summed E-state index contributed by atoms with van der Waals surface area (Å²) in [5, 5.41) is 17.9. The lowest BCUT2D eigenvalue weighted by molar-refractivity contribution is -0.196. The second-order valence-corrected chi connectivity index (χ2v) is 3.81. The average Bonchev–Trinajstić information content (AvgIpc) is 2.29. The van der Waals surface area contributed by atoms with Gasteiger partial charge in [0.2, 0.25) is 12.2 Å². The smallest absolute Gasteiger partial charge is 0.349 e. The lowest BCUT2D eigenvalue weighted by Gasteiger charge is -2.27. The molecule has 0 saturated carbocycles. The molecule has 0 fully saturated rings. The van der Waals surface area contributed by atoms with Gasteiger partial charge in [0.05, 0.1) is 0 Å². The van der Waals surface area contributed by atoms with Crippen molar-refractivity contribution in [3.63, 3.8) is 0 Å². The maximum atomic E-state index is 11.1. The first kappa shape index (κ1) is 18.4. The second-order valence-electron chi connectivity index (χ2n) is 3.81. The van der Waals surface area contributed by atoms with E-state index in [1.165, 1.54) is 0 Å². The molecule has 0 aromatic carbocycles. The number of carboxylic acids is 2. The third kappa shape index (κ3) is 6.36. The number of aliphatic carboxylic acids is 2. The van der Waals surface area contributed by atoms with Crippen molar-refractivity contribution < 1.29 is 48.4 Å². The lowest BCUT2D eigenvalue weighted by atomic mass is 10.1. The summed E-state index contributed by atoms with van der Waals surface area (Å²) in [6.07, 6.45) is -6.33. The Kier molecular flexibility index (Phi) is 6.84. The van der Waals surface area contributed by atoms with Crippen molar-refractivity contribution in [1.82, 2.24) is 0 Å². The molecule has 10 heteroatoms. The van der Waals surface area contributed by atoms with E-state index in [1.54, 1.807) is 0 Å². The van der Waals surface area contributed by atoms with Gasteiger partial charge in [-0.25, -0.2) is 9.59 Å². The molecule has 0 aromatic rings. The average molecular weight is 306 g/mol. The van der Waals surface area contributed by atoms with Gasteiger partial charge in [0.1, 0.15) is 0 Å². The minimum atomic E-state index is -2.15. The Morgan fingerprint density at radius 3 is 1.14 bits per heavy atom. The number of carbonyl (C=O) groups excluding carboxylic acids is 3. The largest absolute Gasteiger partial charge is 0.478 e. The van der Waals surface area contributed by atoms with E-state index in [-0.39, 0.29) is 0 Å². The van der Waals surface area contributed by atoms with Crippen LogP contribution in [-0.4, -0.2) is 58.4 Å². The van der Waals surface area contributed by atoms with Crippen molar-refractivity contribution in [2.24, 2.45) is 0 Å². The number of esters is 3. The summed E-state index contributed by atoms with van der Waals surface area (Å²) >= 11 is 0. The van der Waals surface area contributed by atoms with Gasteiger partial charge in [-0.15, -0.1) is 0 Å². The molecule has 0 unspecified atom stereocenters. The fourth-order valence-corrected chi connectivity index (χ4v) is 1.35. The van der Waals surface area contributed by atoms with Crippen LogP contribution in [0, 0.1) is 0 Å². The Morgan fingerprint density at radius 1 is 0.667 bits per heavy atom. The van der Waals surface area contributed by atoms with Crippen LogP contribution in [0.3, 0.4) is 0 Å². The third-order valence-electron chi connectivity index (χ3n) is 1.97. The van der Waals surface area contributed by atoms with E-state index >= 15 is 0 Å². The zero-order valence-electron chi connectivity index (χ0n) is 11.4. The molecule has 0 saturated heterocycles. The first-order chi connectivity index (χ1) is 9.56. The van der Waals surface area contributed by atoms with Crippen LogP contribution in [0.4, 0.5) is 0 Å². The highest BCUT2D eigenvalue weighted by molar-refractivity contribution is 5.83. The van der Waals surface area contributed by atoms with E-state index in [2.05, 4.69) is 14.2 Å². The van der Waals surface area contributed by atoms with Crippen LogP contribution >= 0.6 is 0 Å². The summed E-state index contributed by atoms with van der Waals surface area (Å²) in [7, 11) is 0. The van der Waals surface area contributed by atoms with Gasteiger partial charge in [-0.3, -0.25) is 14.4 Å². The standard InChI is InChI=1S/C11H14O10/c1-4(12)19-7(8(10(15)16)20-5(2)13)9(11(17)18)21-6(3)14/h7-9H,1-3H3,(H,15,16)(H,17,18)/t8-,9-/m1/s1. The van der Waals surface area contributed by atoms with Crippen molar-refractivity contribution in [3.8, 4) is 0 Å². The lowest BCUT2D eigenvalue weighted by Crippen LogP contribution is -2.51. The summed E-state index contributed by atoms with van der Waals surface area (Å²) in [6.45, 7) is 2.64. The Bertz CT molecular complexity index is 420. The molecule has 0 heterocycles. The molecular weight excluding hydrogens is 292 g/mol. The SMILES string of the molecule is CC(=O)OC([C@@H](OC(C)=O)C(=O)O)[C@@H](OC(C)=O)C(=O)O. The summed E-state index contributed by atoms with van der Waals surface area (Å²) < 4.78 is 13.4. The van der Waals surface area contributed by atoms with E-state index in [9.17, 15) is 24.0 Å². The third-order valence-corrected chi connectivity index (χ3v) is 1.97. The number of carbonyl (C=O) groups is 5. The molecule has 0 rings (SSSR count). The van der Waals surface area contributed by atoms with E-state index in [0.29, 0.717) is 0 Å². The molecule has 0 amide bonds. The highest BCUT2D eigenvalue weighted by Gasteiger charge is 2.45. The monoisotopic (exact) mass is 306 g/mol. The molecule has 0 spiro atoms. The van der Waals surface area contributed by atoms with Crippen molar-refractivity contribution in [2.75, 3.05) is 0 Å². The highest BCUT2D eigenvalue weighted by Crippen LogP contribution is 2.15. The quantitative estimate of drug-likeness (QED) is 0.439. The van der Waals surface area contributed by atoms with Crippen LogP contribution in [0.25, 0.3) is 0 Å². The van der Waals surface area contributed by atoms with Crippen molar-refractivity contribution in [3.05, 3.63) is 0 Å². The Morgan fingerprint density at radius 2 is 0.952 bits per heavy atom. The van der Waals surface area contributed by atoms with Crippen molar-refractivity contribution >= 4 is 29.8 Å². The minimum Gasteiger partial charge on any atom is -0.478 e. The summed E-state index contributed by atoms with van der Waals surface area (Å²) in [6, 6.07) is 0. The van der Waals surface area contributed by atoms with Gasteiger partial charge >= 0.3 is 29.8 Å².